The summed E-state index contributed by atoms with van der Waals surface area (Å²) in [6.07, 6.45) is 2.15. The van der Waals surface area contributed by atoms with Crippen LogP contribution in [-0.4, -0.2) is 24.0 Å². The molecule has 0 atom stereocenters. The number of nitrogen functional groups attached to an aromatic ring is 1. The third-order valence-electron chi connectivity index (χ3n) is 3.79. The van der Waals surface area contributed by atoms with E-state index in [2.05, 4.69) is 18.7 Å². The zero-order chi connectivity index (χ0) is 12.4. The molecule has 1 aliphatic heterocycles. The van der Waals surface area contributed by atoms with E-state index in [1.165, 1.54) is 6.07 Å². The Hall–Kier alpha value is -1.09. The molecule has 94 valence electrons. The molecule has 0 bridgehead atoms. The first-order chi connectivity index (χ1) is 8.09. The Balaban J connectivity index is 2.08. The highest BCUT2D eigenvalue weighted by Crippen LogP contribution is 2.33. The van der Waals surface area contributed by atoms with Gasteiger partial charge in [0.2, 0.25) is 0 Å². The third-order valence-corrected chi connectivity index (χ3v) is 3.79. The topological polar surface area (TPSA) is 29.3 Å². The monoisotopic (exact) mass is 236 g/mol. The van der Waals surface area contributed by atoms with Crippen molar-refractivity contribution in [2.45, 2.75) is 38.6 Å². The molecule has 0 unspecified atom stereocenters. The van der Waals surface area contributed by atoms with Crippen LogP contribution in [0.3, 0.4) is 0 Å². The van der Waals surface area contributed by atoms with Crippen molar-refractivity contribution >= 4 is 5.69 Å². The molecule has 1 heterocycles. The number of para-hydroxylation sites is 1. The first-order valence-electron chi connectivity index (χ1n) is 6.37. The number of nitrogens with two attached hydrogens (primary N) is 1. The highest BCUT2D eigenvalue weighted by Gasteiger charge is 2.23. The summed E-state index contributed by atoms with van der Waals surface area (Å²) in [7, 11) is 0. The molecule has 0 saturated carbocycles. The number of halogens is 1. The summed E-state index contributed by atoms with van der Waals surface area (Å²) in [6.45, 7) is 6.60. The van der Waals surface area contributed by atoms with Gasteiger partial charge in [0.15, 0.2) is 0 Å². The van der Waals surface area contributed by atoms with Crippen LogP contribution in [0.1, 0.15) is 38.2 Å². The fraction of sp³-hybridized carbons (Fsp3) is 0.571. The van der Waals surface area contributed by atoms with Gasteiger partial charge in [-0.25, -0.2) is 4.39 Å². The molecule has 1 aliphatic rings. The number of hydrogen-bond acceptors (Lipinski definition) is 2. The van der Waals surface area contributed by atoms with Crippen molar-refractivity contribution in [3.63, 3.8) is 0 Å². The number of hydrogen-bond donors (Lipinski definition) is 1. The first kappa shape index (κ1) is 12.4. The predicted molar refractivity (Wildman–Crippen MR) is 69.5 cm³/mol. The molecule has 0 radical (unpaired) electrons. The molecule has 0 amide bonds. The first-order valence-corrected chi connectivity index (χ1v) is 6.37. The van der Waals surface area contributed by atoms with Crippen LogP contribution >= 0.6 is 0 Å². The number of benzene rings is 1. The van der Waals surface area contributed by atoms with Gasteiger partial charge in [-0.2, -0.15) is 0 Å². The van der Waals surface area contributed by atoms with Crippen molar-refractivity contribution < 1.29 is 4.39 Å². The lowest BCUT2D eigenvalue weighted by molar-refractivity contribution is 0.172. The Labute approximate surface area is 103 Å². The molecule has 1 aromatic carbocycles. The molecule has 0 aromatic heterocycles. The quantitative estimate of drug-likeness (QED) is 0.800. The zero-order valence-electron chi connectivity index (χ0n) is 10.6. The molecule has 3 heteroatoms. The maximum atomic E-state index is 13.4. The molecule has 2 N–H and O–H groups in total. The Morgan fingerprint density at radius 1 is 1.29 bits per heavy atom. The van der Waals surface area contributed by atoms with Crippen LogP contribution in [0.15, 0.2) is 18.2 Å². The highest BCUT2D eigenvalue weighted by atomic mass is 19.1. The van der Waals surface area contributed by atoms with Gasteiger partial charge in [-0.15, -0.1) is 0 Å². The summed E-state index contributed by atoms with van der Waals surface area (Å²) in [5.41, 5.74) is 7.16. The maximum Gasteiger partial charge on any atom is 0.146 e. The van der Waals surface area contributed by atoms with E-state index in [-0.39, 0.29) is 5.82 Å². The SMILES string of the molecule is CC(C)N1CCC(c2cccc(F)c2N)CC1. The summed E-state index contributed by atoms with van der Waals surface area (Å²) in [6, 6.07) is 5.76. The van der Waals surface area contributed by atoms with E-state index in [0.29, 0.717) is 17.6 Å². The number of piperidine rings is 1. The van der Waals surface area contributed by atoms with Crippen molar-refractivity contribution in [3.8, 4) is 0 Å². The van der Waals surface area contributed by atoms with Gasteiger partial charge in [0.1, 0.15) is 5.82 Å². The third kappa shape index (κ3) is 2.60. The second-order valence-corrected chi connectivity index (χ2v) is 5.15. The van der Waals surface area contributed by atoms with E-state index in [4.69, 9.17) is 5.73 Å². The van der Waals surface area contributed by atoms with Gasteiger partial charge in [0.05, 0.1) is 5.69 Å². The largest absolute Gasteiger partial charge is 0.396 e. The van der Waals surface area contributed by atoms with Crippen molar-refractivity contribution in [2.24, 2.45) is 0 Å². The zero-order valence-corrected chi connectivity index (χ0v) is 10.6. The minimum Gasteiger partial charge on any atom is -0.396 e. The standard InChI is InChI=1S/C14H21FN2/c1-10(2)17-8-6-11(7-9-17)12-4-3-5-13(15)14(12)16/h3-5,10-11H,6-9,16H2,1-2H3. The van der Waals surface area contributed by atoms with Gasteiger partial charge in [-0.3, -0.25) is 0 Å². The molecular weight excluding hydrogens is 215 g/mol. The van der Waals surface area contributed by atoms with Crippen LogP contribution in [0.5, 0.6) is 0 Å². The number of nitrogens with zero attached hydrogens (tertiary/aromatic N) is 1. The molecule has 17 heavy (non-hydrogen) atoms. The molecule has 1 saturated heterocycles. The van der Waals surface area contributed by atoms with E-state index >= 15 is 0 Å². The summed E-state index contributed by atoms with van der Waals surface area (Å²) in [4.78, 5) is 2.46. The van der Waals surface area contributed by atoms with Crippen molar-refractivity contribution in [1.29, 1.82) is 0 Å². The molecule has 2 rings (SSSR count). The van der Waals surface area contributed by atoms with Gasteiger partial charge in [-0.05, 0) is 57.3 Å². The fourth-order valence-corrected chi connectivity index (χ4v) is 2.64. The highest BCUT2D eigenvalue weighted by molar-refractivity contribution is 5.49. The van der Waals surface area contributed by atoms with Crippen LogP contribution in [0, 0.1) is 5.82 Å². The van der Waals surface area contributed by atoms with Crippen LogP contribution in [-0.2, 0) is 0 Å². The Bertz CT molecular complexity index is 382. The number of likely N-dealkylation sites (tertiary alicyclic amines) is 1. The van der Waals surface area contributed by atoms with Crippen LogP contribution < -0.4 is 5.73 Å². The number of rotatable bonds is 2. The lowest BCUT2D eigenvalue weighted by atomic mass is 9.88. The Kier molecular flexibility index (Phi) is 3.67. The molecule has 0 spiro atoms. The second kappa shape index (κ2) is 5.05. The van der Waals surface area contributed by atoms with Crippen molar-refractivity contribution in [1.82, 2.24) is 4.90 Å². The van der Waals surface area contributed by atoms with Crippen LogP contribution in [0.2, 0.25) is 0 Å². The number of anilines is 1. The Morgan fingerprint density at radius 2 is 1.94 bits per heavy atom. The summed E-state index contributed by atoms with van der Waals surface area (Å²) < 4.78 is 13.4. The molecule has 2 nitrogen and oxygen atoms in total. The average Bonchev–Trinajstić information content (AvgIpc) is 2.33. The summed E-state index contributed by atoms with van der Waals surface area (Å²) in [5, 5.41) is 0. The van der Waals surface area contributed by atoms with E-state index in [0.717, 1.165) is 31.5 Å². The van der Waals surface area contributed by atoms with Crippen LogP contribution in [0.25, 0.3) is 0 Å². The van der Waals surface area contributed by atoms with Gasteiger partial charge in [-0.1, -0.05) is 12.1 Å². The molecule has 1 fully saturated rings. The van der Waals surface area contributed by atoms with Gasteiger partial charge >= 0.3 is 0 Å². The molecule has 0 aliphatic carbocycles. The van der Waals surface area contributed by atoms with Gasteiger partial charge in [0, 0.05) is 6.04 Å². The predicted octanol–water partition coefficient (Wildman–Crippen LogP) is 3.00. The summed E-state index contributed by atoms with van der Waals surface area (Å²) >= 11 is 0. The minimum atomic E-state index is -0.284. The maximum absolute atomic E-state index is 13.4. The molecular formula is C14H21FN2. The fourth-order valence-electron chi connectivity index (χ4n) is 2.64. The smallest absolute Gasteiger partial charge is 0.146 e. The van der Waals surface area contributed by atoms with E-state index in [1.54, 1.807) is 6.07 Å². The second-order valence-electron chi connectivity index (χ2n) is 5.15. The summed E-state index contributed by atoms with van der Waals surface area (Å²) in [5.74, 6) is 0.134. The lowest BCUT2D eigenvalue weighted by Gasteiger charge is -2.35. The van der Waals surface area contributed by atoms with E-state index in [1.807, 2.05) is 6.07 Å². The van der Waals surface area contributed by atoms with Crippen molar-refractivity contribution in [2.75, 3.05) is 18.8 Å². The van der Waals surface area contributed by atoms with Gasteiger partial charge < -0.3 is 10.6 Å². The van der Waals surface area contributed by atoms with E-state index in [9.17, 15) is 4.39 Å². The average molecular weight is 236 g/mol. The normalized spacial score (nSPS) is 18.8. The lowest BCUT2D eigenvalue weighted by Crippen LogP contribution is -2.37. The minimum absolute atomic E-state index is 0.284. The van der Waals surface area contributed by atoms with Crippen LogP contribution in [0.4, 0.5) is 10.1 Å². The molecule has 1 aromatic rings. The van der Waals surface area contributed by atoms with E-state index < -0.39 is 0 Å². The Morgan fingerprint density at radius 3 is 2.53 bits per heavy atom. The van der Waals surface area contributed by atoms with Crippen molar-refractivity contribution in [3.05, 3.63) is 29.6 Å². The van der Waals surface area contributed by atoms with Gasteiger partial charge in [0.25, 0.3) is 0 Å².